The van der Waals surface area contributed by atoms with Gasteiger partial charge in [0.15, 0.2) is 0 Å². The summed E-state index contributed by atoms with van der Waals surface area (Å²) in [5.41, 5.74) is 8.07. The van der Waals surface area contributed by atoms with Crippen LogP contribution in [-0.4, -0.2) is 28.1 Å². The molecule has 7 heteroatoms. The molecule has 140 valence electrons. The average molecular weight is 373 g/mol. The Kier molecular flexibility index (Phi) is 4.63. The maximum absolute atomic E-state index is 12.7. The van der Waals surface area contributed by atoms with Crippen LogP contribution in [-0.2, 0) is 9.59 Å². The molecule has 3 aromatic rings. The number of anilines is 2. The van der Waals surface area contributed by atoms with Crippen molar-refractivity contribution in [1.82, 2.24) is 4.57 Å². The highest BCUT2D eigenvalue weighted by Gasteiger charge is 2.34. The van der Waals surface area contributed by atoms with Crippen LogP contribution in [0.5, 0.6) is 0 Å². The molecule has 0 saturated heterocycles. The topological polar surface area (TPSA) is 92.7 Å². The van der Waals surface area contributed by atoms with E-state index in [-0.39, 0.29) is 18.0 Å². The molecule has 0 aliphatic carbocycles. The third-order valence-electron chi connectivity index (χ3n) is 4.53. The minimum atomic E-state index is -0.686. The van der Waals surface area contributed by atoms with Crippen molar-refractivity contribution in [3.63, 3.8) is 0 Å². The molecule has 1 aliphatic rings. The predicted molar refractivity (Wildman–Crippen MR) is 108 cm³/mol. The van der Waals surface area contributed by atoms with Crippen LogP contribution in [0.15, 0.2) is 84.2 Å². The van der Waals surface area contributed by atoms with Crippen molar-refractivity contribution in [3.8, 4) is 5.69 Å². The summed E-state index contributed by atoms with van der Waals surface area (Å²) in [6.45, 7) is 0. The molecule has 1 aliphatic heterocycles. The average Bonchev–Trinajstić information content (AvgIpc) is 3.39. The largest absolute Gasteiger partial charge is 0.368 e. The van der Waals surface area contributed by atoms with Crippen molar-refractivity contribution in [1.29, 1.82) is 0 Å². The number of nitrogens with zero attached hydrogens (tertiary/aromatic N) is 3. The van der Waals surface area contributed by atoms with Gasteiger partial charge in [-0.25, -0.2) is 0 Å². The SMILES string of the molecule is NC(=O)[C@@H]1CC(C(=O)Nc2cccc(-n3cccc3)c2)=NN1c1ccccc1. The molecule has 3 N–H and O–H groups in total. The lowest BCUT2D eigenvalue weighted by Crippen LogP contribution is -2.39. The Balaban J connectivity index is 1.55. The van der Waals surface area contributed by atoms with E-state index in [2.05, 4.69) is 10.4 Å². The monoisotopic (exact) mass is 373 g/mol. The number of carbonyl (C=O) groups excluding carboxylic acids is 2. The molecule has 0 unspecified atom stereocenters. The molecule has 2 aromatic carbocycles. The standard InChI is InChI=1S/C21H19N5O2/c22-20(27)19-14-18(24-26(19)16-8-2-1-3-9-16)21(28)23-15-7-6-10-17(13-15)25-11-4-5-12-25/h1-13,19H,14H2,(H2,22,27)(H,23,28)/t19-/m0/s1. The van der Waals surface area contributed by atoms with Crippen molar-refractivity contribution in [2.75, 3.05) is 10.3 Å². The second-order valence-electron chi connectivity index (χ2n) is 6.44. The number of para-hydroxylation sites is 1. The summed E-state index contributed by atoms with van der Waals surface area (Å²) in [7, 11) is 0. The number of primary amides is 1. The summed E-state index contributed by atoms with van der Waals surface area (Å²) in [5.74, 6) is -0.876. The van der Waals surface area contributed by atoms with Gasteiger partial charge in [0.1, 0.15) is 11.8 Å². The fourth-order valence-corrected chi connectivity index (χ4v) is 3.14. The maximum Gasteiger partial charge on any atom is 0.271 e. The summed E-state index contributed by atoms with van der Waals surface area (Å²) < 4.78 is 1.95. The first kappa shape index (κ1) is 17.5. The Labute approximate surface area is 162 Å². The number of rotatable bonds is 5. The minimum Gasteiger partial charge on any atom is -0.368 e. The Hall–Kier alpha value is -3.87. The lowest BCUT2D eigenvalue weighted by molar-refractivity contribution is -0.119. The fourth-order valence-electron chi connectivity index (χ4n) is 3.14. The van der Waals surface area contributed by atoms with Crippen LogP contribution in [0.4, 0.5) is 11.4 Å². The molecule has 1 aromatic heterocycles. The van der Waals surface area contributed by atoms with Gasteiger partial charge in [0, 0.05) is 30.2 Å². The summed E-state index contributed by atoms with van der Waals surface area (Å²) in [6.07, 6.45) is 4.02. The van der Waals surface area contributed by atoms with Crippen LogP contribution in [0.25, 0.3) is 5.69 Å². The van der Waals surface area contributed by atoms with Gasteiger partial charge >= 0.3 is 0 Å². The highest BCUT2D eigenvalue weighted by Crippen LogP contribution is 2.25. The second-order valence-corrected chi connectivity index (χ2v) is 6.44. The molecule has 0 spiro atoms. The van der Waals surface area contributed by atoms with E-state index in [1.54, 1.807) is 6.07 Å². The first-order valence-corrected chi connectivity index (χ1v) is 8.87. The van der Waals surface area contributed by atoms with Gasteiger partial charge in [0.25, 0.3) is 5.91 Å². The van der Waals surface area contributed by atoms with E-state index in [9.17, 15) is 9.59 Å². The van der Waals surface area contributed by atoms with Crippen molar-refractivity contribution in [2.45, 2.75) is 12.5 Å². The van der Waals surface area contributed by atoms with E-state index in [0.717, 1.165) is 5.69 Å². The van der Waals surface area contributed by atoms with Crippen molar-refractivity contribution < 1.29 is 9.59 Å². The van der Waals surface area contributed by atoms with Crippen LogP contribution in [0.1, 0.15) is 6.42 Å². The van der Waals surface area contributed by atoms with Crippen LogP contribution < -0.4 is 16.1 Å². The van der Waals surface area contributed by atoms with E-state index in [4.69, 9.17) is 5.73 Å². The molecule has 2 amide bonds. The highest BCUT2D eigenvalue weighted by atomic mass is 16.2. The normalized spacial score (nSPS) is 15.9. The summed E-state index contributed by atoms with van der Waals surface area (Å²) in [4.78, 5) is 24.6. The van der Waals surface area contributed by atoms with E-state index in [0.29, 0.717) is 11.4 Å². The number of amides is 2. The minimum absolute atomic E-state index is 0.160. The number of aromatic nitrogens is 1. The lowest BCUT2D eigenvalue weighted by Gasteiger charge is -2.20. The number of hydrogen-bond donors (Lipinski definition) is 2. The molecule has 0 saturated carbocycles. The Morgan fingerprint density at radius 2 is 1.68 bits per heavy atom. The zero-order chi connectivity index (χ0) is 19.5. The molecule has 1 atom stereocenters. The number of hydrazone groups is 1. The third kappa shape index (κ3) is 3.50. The van der Waals surface area contributed by atoms with Crippen LogP contribution in [0, 0.1) is 0 Å². The van der Waals surface area contributed by atoms with Gasteiger partial charge in [-0.05, 0) is 42.5 Å². The molecule has 0 radical (unpaired) electrons. The van der Waals surface area contributed by atoms with Crippen molar-refractivity contribution >= 4 is 28.9 Å². The number of benzene rings is 2. The highest BCUT2D eigenvalue weighted by molar-refractivity contribution is 6.44. The number of nitrogens with one attached hydrogen (secondary N) is 1. The Morgan fingerprint density at radius 1 is 0.964 bits per heavy atom. The van der Waals surface area contributed by atoms with Gasteiger partial charge in [-0.1, -0.05) is 24.3 Å². The number of nitrogens with two attached hydrogens (primary N) is 1. The van der Waals surface area contributed by atoms with Gasteiger partial charge < -0.3 is 15.6 Å². The van der Waals surface area contributed by atoms with Crippen molar-refractivity contribution in [3.05, 3.63) is 79.1 Å². The molecular formula is C21H19N5O2. The van der Waals surface area contributed by atoms with Crippen LogP contribution in [0.3, 0.4) is 0 Å². The molecule has 0 bridgehead atoms. The summed E-state index contributed by atoms with van der Waals surface area (Å²) >= 11 is 0. The first-order valence-electron chi connectivity index (χ1n) is 8.87. The maximum atomic E-state index is 12.7. The second kappa shape index (κ2) is 7.40. The Morgan fingerprint density at radius 3 is 2.39 bits per heavy atom. The first-order chi connectivity index (χ1) is 13.6. The predicted octanol–water partition coefficient (Wildman–Crippen LogP) is 2.54. The molecule has 28 heavy (non-hydrogen) atoms. The zero-order valence-corrected chi connectivity index (χ0v) is 15.0. The van der Waals surface area contributed by atoms with Crippen LogP contribution >= 0.6 is 0 Å². The zero-order valence-electron chi connectivity index (χ0n) is 15.0. The van der Waals surface area contributed by atoms with Gasteiger partial charge in [0.2, 0.25) is 5.91 Å². The summed E-state index contributed by atoms with van der Waals surface area (Å²) in [5, 5.41) is 8.72. The van der Waals surface area contributed by atoms with Gasteiger partial charge in [-0.2, -0.15) is 5.10 Å². The lowest BCUT2D eigenvalue weighted by atomic mass is 10.1. The van der Waals surface area contributed by atoms with Crippen molar-refractivity contribution in [2.24, 2.45) is 10.8 Å². The molecule has 0 fully saturated rings. The molecule has 7 nitrogen and oxygen atoms in total. The van der Waals surface area contributed by atoms with E-state index < -0.39 is 11.9 Å². The molecule has 4 rings (SSSR count). The van der Waals surface area contributed by atoms with E-state index in [1.807, 2.05) is 77.6 Å². The number of hydrogen-bond acceptors (Lipinski definition) is 4. The third-order valence-corrected chi connectivity index (χ3v) is 4.53. The molecule has 2 heterocycles. The van der Waals surface area contributed by atoms with E-state index >= 15 is 0 Å². The quantitative estimate of drug-likeness (QED) is 0.720. The van der Waals surface area contributed by atoms with Gasteiger partial charge in [0.05, 0.1) is 5.69 Å². The van der Waals surface area contributed by atoms with Crippen LogP contribution in [0.2, 0.25) is 0 Å². The number of carbonyl (C=O) groups is 2. The molecular weight excluding hydrogens is 354 g/mol. The van der Waals surface area contributed by atoms with Gasteiger partial charge in [-0.3, -0.25) is 14.6 Å². The Bertz CT molecular complexity index is 1030. The smallest absolute Gasteiger partial charge is 0.271 e. The van der Waals surface area contributed by atoms with E-state index in [1.165, 1.54) is 5.01 Å². The summed E-state index contributed by atoms with van der Waals surface area (Å²) in [6, 6.07) is 19.9. The van der Waals surface area contributed by atoms with Gasteiger partial charge in [-0.15, -0.1) is 0 Å². The fraction of sp³-hybridized carbons (Fsp3) is 0.0952.